The summed E-state index contributed by atoms with van der Waals surface area (Å²) in [5.74, 6) is 0.858. The second-order valence-electron chi connectivity index (χ2n) is 7.78. The SMILES string of the molecule is CN(c1ccc2[nH]ccc2n1)C1CCN(CC(=O)OC(C)(C)C)CC1. The van der Waals surface area contributed by atoms with Crippen LogP contribution in [0.25, 0.3) is 11.0 Å². The van der Waals surface area contributed by atoms with Crippen LogP contribution in [0.1, 0.15) is 33.6 Å². The minimum atomic E-state index is -0.418. The molecule has 0 spiro atoms. The lowest BCUT2D eigenvalue weighted by Gasteiger charge is -2.37. The molecule has 136 valence electrons. The summed E-state index contributed by atoms with van der Waals surface area (Å²) in [4.78, 5) is 24.3. The molecule has 0 saturated carbocycles. The van der Waals surface area contributed by atoms with E-state index >= 15 is 0 Å². The molecule has 0 unspecified atom stereocenters. The summed E-state index contributed by atoms with van der Waals surface area (Å²) in [7, 11) is 2.11. The summed E-state index contributed by atoms with van der Waals surface area (Å²) in [5, 5.41) is 0. The quantitative estimate of drug-likeness (QED) is 0.864. The van der Waals surface area contributed by atoms with Gasteiger partial charge in [0.2, 0.25) is 0 Å². The third-order valence-corrected chi connectivity index (χ3v) is 4.63. The van der Waals surface area contributed by atoms with Gasteiger partial charge in [-0.1, -0.05) is 0 Å². The predicted octanol–water partition coefficient (Wildman–Crippen LogP) is 2.81. The zero-order valence-corrected chi connectivity index (χ0v) is 15.6. The number of nitrogens with one attached hydrogen (secondary N) is 1. The van der Waals surface area contributed by atoms with Crippen molar-refractivity contribution in [3.8, 4) is 0 Å². The Morgan fingerprint density at radius 2 is 2.04 bits per heavy atom. The number of H-pyrrole nitrogens is 1. The Morgan fingerprint density at radius 3 is 2.72 bits per heavy atom. The fourth-order valence-corrected chi connectivity index (χ4v) is 3.33. The van der Waals surface area contributed by atoms with Gasteiger partial charge in [0.15, 0.2) is 0 Å². The van der Waals surface area contributed by atoms with Gasteiger partial charge in [-0.2, -0.15) is 0 Å². The molecule has 0 atom stereocenters. The number of aromatic nitrogens is 2. The molecule has 6 nitrogen and oxygen atoms in total. The second-order valence-corrected chi connectivity index (χ2v) is 7.78. The number of pyridine rings is 1. The molecule has 0 amide bonds. The van der Waals surface area contributed by atoms with Gasteiger partial charge in [0, 0.05) is 32.4 Å². The van der Waals surface area contributed by atoms with E-state index in [1.54, 1.807) is 0 Å². The summed E-state index contributed by atoms with van der Waals surface area (Å²) >= 11 is 0. The number of esters is 1. The number of carbonyl (C=O) groups excluding carboxylic acids is 1. The Balaban J connectivity index is 1.53. The molecule has 1 fully saturated rings. The van der Waals surface area contributed by atoms with E-state index in [4.69, 9.17) is 9.72 Å². The lowest BCUT2D eigenvalue weighted by molar-refractivity contribution is -0.156. The van der Waals surface area contributed by atoms with Crippen LogP contribution in [0.15, 0.2) is 24.4 Å². The molecule has 1 saturated heterocycles. The maximum absolute atomic E-state index is 12.0. The highest BCUT2D eigenvalue weighted by atomic mass is 16.6. The molecular formula is C19H28N4O2. The number of likely N-dealkylation sites (tertiary alicyclic amines) is 1. The monoisotopic (exact) mass is 344 g/mol. The van der Waals surface area contributed by atoms with Crippen molar-refractivity contribution in [2.24, 2.45) is 0 Å². The number of carbonyl (C=O) groups is 1. The van der Waals surface area contributed by atoms with Crippen LogP contribution in [-0.4, -0.2) is 59.2 Å². The van der Waals surface area contributed by atoms with Gasteiger partial charge in [-0.3, -0.25) is 9.69 Å². The van der Waals surface area contributed by atoms with Crippen LogP contribution in [0.5, 0.6) is 0 Å². The van der Waals surface area contributed by atoms with E-state index in [1.165, 1.54) is 0 Å². The van der Waals surface area contributed by atoms with Crippen LogP contribution in [0.2, 0.25) is 0 Å². The van der Waals surface area contributed by atoms with E-state index in [-0.39, 0.29) is 5.97 Å². The van der Waals surface area contributed by atoms with E-state index in [0.717, 1.165) is 42.8 Å². The van der Waals surface area contributed by atoms with Crippen LogP contribution in [0.3, 0.4) is 0 Å². The minimum absolute atomic E-state index is 0.140. The molecule has 0 aromatic carbocycles. The Labute approximate surface area is 149 Å². The van der Waals surface area contributed by atoms with Gasteiger partial charge in [0.1, 0.15) is 11.4 Å². The first-order valence-electron chi connectivity index (χ1n) is 8.93. The second kappa shape index (κ2) is 7.04. The smallest absolute Gasteiger partial charge is 0.320 e. The molecule has 1 aliphatic heterocycles. The van der Waals surface area contributed by atoms with Crippen molar-refractivity contribution in [1.82, 2.24) is 14.9 Å². The molecule has 1 aliphatic rings. The van der Waals surface area contributed by atoms with Gasteiger partial charge >= 0.3 is 5.97 Å². The van der Waals surface area contributed by atoms with Crippen molar-refractivity contribution < 1.29 is 9.53 Å². The highest BCUT2D eigenvalue weighted by molar-refractivity contribution is 5.76. The Hall–Kier alpha value is -2.08. The van der Waals surface area contributed by atoms with Crippen molar-refractivity contribution in [3.63, 3.8) is 0 Å². The Morgan fingerprint density at radius 1 is 1.32 bits per heavy atom. The first kappa shape index (κ1) is 17.7. The van der Waals surface area contributed by atoms with Crippen molar-refractivity contribution in [3.05, 3.63) is 24.4 Å². The lowest BCUT2D eigenvalue weighted by Crippen LogP contribution is -2.46. The summed E-state index contributed by atoms with van der Waals surface area (Å²) in [6.07, 6.45) is 3.95. The van der Waals surface area contributed by atoms with Crippen LogP contribution >= 0.6 is 0 Å². The van der Waals surface area contributed by atoms with E-state index in [1.807, 2.05) is 33.0 Å². The number of hydrogen-bond acceptors (Lipinski definition) is 5. The number of anilines is 1. The Bertz CT molecular complexity index is 726. The van der Waals surface area contributed by atoms with Crippen LogP contribution in [0, 0.1) is 0 Å². The van der Waals surface area contributed by atoms with Gasteiger partial charge in [-0.15, -0.1) is 0 Å². The number of rotatable bonds is 4. The first-order chi connectivity index (χ1) is 11.8. The first-order valence-corrected chi connectivity index (χ1v) is 8.93. The zero-order chi connectivity index (χ0) is 18.0. The van der Waals surface area contributed by atoms with Crippen LogP contribution < -0.4 is 4.90 Å². The molecule has 2 aromatic heterocycles. The fourth-order valence-electron chi connectivity index (χ4n) is 3.33. The number of fused-ring (bicyclic) bond motifs is 1. The van der Waals surface area contributed by atoms with Gasteiger partial charge < -0.3 is 14.6 Å². The number of piperidine rings is 1. The lowest BCUT2D eigenvalue weighted by atomic mass is 10.0. The number of nitrogens with zero attached hydrogens (tertiary/aromatic N) is 3. The third kappa shape index (κ3) is 4.51. The summed E-state index contributed by atoms with van der Waals surface area (Å²) < 4.78 is 5.41. The molecule has 25 heavy (non-hydrogen) atoms. The van der Waals surface area contributed by atoms with Gasteiger partial charge in [0.25, 0.3) is 0 Å². The van der Waals surface area contributed by atoms with Crippen molar-refractivity contribution in [1.29, 1.82) is 0 Å². The standard InChI is InChI=1S/C19H28N4O2/c1-19(2,3)25-18(24)13-23-11-8-14(9-12-23)22(4)17-6-5-15-16(21-17)7-10-20-15/h5-7,10,14,20H,8-9,11-13H2,1-4H3. The summed E-state index contributed by atoms with van der Waals surface area (Å²) in [6.45, 7) is 7.89. The predicted molar refractivity (Wildman–Crippen MR) is 99.8 cm³/mol. The summed E-state index contributed by atoms with van der Waals surface area (Å²) in [5.41, 5.74) is 1.63. The van der Waals surface area contributed by atoms with E-state index in [0.29, 0.717) is 12.6 Å². The van der Waals surface area contributed by atoms with Crippen LogP contribution in [-0.2, 0) is 9.53 Å². The van der Waals surface area contributed by atoms with Crippen molar-refractivity contribution in [2.45, 2.75) is 45.3 Å². The normalized spacial score (nSPS) is 17.0. The zero-order valence-electron chi connectivity index (χ0n) is 15.6. The average Bonchev–Trinajstić information content (AvgIpc) is 3.00. The molecule has 0 bridgehead atoms. The Kier molecular flexibility index (Phi) is 4.99. The van der Waals surface area contributed by atoms with E-state index < -0.39 is 5.60 Å². The minimum Gasteiger partial charge on any atom is -0.459 e. The van der Waals surface area contributed by atoms with Crippen molar-refractivity contribution in [2.75, 3.05) is 31.6 Å². The van der Waals surface area contributed by atoms with Gasteiger partial charge in [-0.05, 0) is 51.8 Å². The van der Waals surface area contributed by atoms with E-state index in [9.17, 15) is 4.79 Å². The topological polar surface area (TPSA) is 61.5 Å². The number of ether oxygens (including phenoxy) is 1. The van der Waals surface area contributed by atoms with Crippen LogP contribution in [0.4, 0.5) is 5.82 Å². The molecule has 3 rings (SSSR count). The molecule has 2 aromatic rings. The van der Waals surface area contributed by atoms with E-state index in [2.05, 4.69) is 34.0 Å². The maximum Gasteiger partial charge on any atom is 0.320 e. The molecule has 1 N–H and O–H groups in total. The average molecular weight is 344 g/mol. The summed E-state index contributed by atoms with van der Waals surface area (Å²) in [6, 6.07) is 6.58. The van der Waals surface area contributed by atoms with Crippen molar-refractivity contribution >= 4 is 22.8 Å². The third-order valence-electron chi connectivity index (χ3n) is 4.63. The number of aromatic amines is 1. The fraction of sp³-hybridized carbons (Fsp3) is 0.579. The largest absolute Gasteiger partial charge is 0.459 e. The highest BCUT2D eigenvalue weighted by Gasteiger charge is 2.26. The molecular weight excluding hydrogens is 316 g/mol. The number of hydrogen-bond donors (Lipinski definition) is 1. The molecule has 3 heterocycles. The van der Waals surface area contributed by atoms with Gasteiger partial charge in [0.05, 0.1) is 17.6 Å². The maximum atomic E-state index is 12.0. The molecule has 6 heteroatoms. The molecule has 0 aliphatic carbocycles. The molecule has 0 radical (unpaired) electrons. The highest BCUT2D eigenvalue weighted by Crippen LogP contribution is 2.23. The van der Waals surface area contributed by atoms with Gasteiger partial charge in [-0.25, -0.2) is 4.98 Å².